The molecule has 8 nitrogen and oxygen atoms in total. The van der Waals surface area contributed by atoms with Crippen LogP contribution in [0.4, 0.5) is 0 Å². The SMILES string of the molecule is CC[C@H](C)[C@@H]([C@@H](CC(=O)NC)OC)N(C)C(=O)CNC(=O)[C@@H](NC)C(C)C. The first-order chi connectivity index (χ1) is 12.6. The van der Waals surface area contributed by atoms with Gasteiger partial charge in [0.1, 0.15) is 0 Å². The van der Waals surface area contributed by atoms with E-state index in [-0.39, 0.29) is 54.6 Å². The number of hydrogen-bond donors (Lipinski definition) is 3. The van der Waals surface area contributed by atoms with Crippen LogP contribution in [-0.4, -0.2) is 75.6 Å². The maximum absolute atomic E-state index is 12.7. The molecule has 0 aromatic rings. The Morgan fingerprint density at radius 1 is 1.11 bits per heavy atom. The van der Waals surface area contributed by atoms with Crippen LogP contribution in [0.5, 0.6) is 0 Å². The highest BCUT2D eigenvalue weighted by molar-refractivity contribution is 5.87. The number of methoxy groups -OCH3 is 1. The molecule has 0 aromatic carbocycles. The second-order valence-electron chi connectivity index (χ2n) is 7.26. The van der Waals surface area contributed by atoms with Gasteiger partial charge in [0.05, 0.1) is 31.2 Å². The van der Waals surface area contributed by atoms with Gasteiger partial charge in [-0.25, -0.2) is 0 Å². The van der Waals surface area contributed by atoms with Gasteiger partial charge in [0, 0.05) is 21.2 Å². The molecule has 0 aliphatic carbocycles. The van der Waals surface area contributed by atoms with E-state index in [0.717, 1.165) is 6.42 Å². The van der Waals surface area contributed by atoms with E-state index in [1.165, 1.54) is 0 Å². The Hall–Kier alpha value is -1.67. The number of ether oxygens (including phenoxy) is 1. The number of likely N-dealkylation sites (N-methyl/N-ethyl adjacent to an activating group) is 2. The summed E-state index contributed by atoms with van der Waals surface area (Å²) in [4.78, 5) is 38.4. The van der Waals surface area contributed by atoms with Crippen molar-refractivity contribution in [2.45, 2.75) is 58.7 Å². The molecule has 0 bridgehead atoms. The molecule has 0 aromatic heterocycles. The quantitative estimate of drug-likeness (QED) is 0.450. The largest absolute Gasteiger partial charge is 0.379 e. The molecule has 4 atom stereocenters. The summed E-state index contributed by atoms with van der Waals surface area (Å²) >= 11 is 0. The molecule has 0 saturated carbocycles. The van der Waals surface area contributed by atoms with Gasteiger partial charge in [0.25, 0.3) is 0 Å². The zero-order valence-corrected chi connectivity index (χ0v) is 18.1. The Morgan fingerprint density at radius 2 is 1.70 bits per heavy atom. The molecule has 0 unspecified atom stereocenters. The summed E-state index contributed by atoms with van der Waals surface area (Å²) in [6, 6.07) is -0.625. The molecule has 3 N–H and O–H groups in total. The monoisotopic (exact) mass is 386 g/mol. The molecule has 0 heterocycles. The lowest BCUT2D eigenvalue weighted by Gasteiger charge is -2.37. The van der Waals surface area contributed by atoms with E-state index in [9.17, 15) is 14.4 Å². The van der Waals surface area contributed by atoms with E-state index < -0.39 is 6.10 Å². The molecule has 0 fully saturated rings. The lowest BCUT2D eigenvalue weighted by atomic mass is 9.91. The Kier molecular flexibility index (Phi) is 11.9. The summed E-state index contributed by atoms with van der Waals surface area (Å²) in [5, 5.41) is 8.25. The standard InChI is InChI=1S/C19H38N4O4/c1-9-13(4)18(14(27-8)10-15(24)20-5)23(7)16(25)11-22-19(26)17(21-6)12(2)3/h12-14,17-18,21H,9-11H2,1-8H3,(H,20,24)(H,22,26)/t13-,14+,17-,18-/m0/s1. The molecule has 8 heteroatoms. The zero-order valence-electron chi connectivity index (χ0n) is 18.1. The fraction of sp³-hybridized carbons (Fsp3) is 0.842. The molecule has 0 aliphatic rings. The Morgan fingerprint density at radius 3 is 2.11 bits per heavy atom. The fourth-order valence-electron chi connectivity index (χ4n) is 3.20. The number of carbonyl (C=O) groups is 3. The van der Waals surface area contributed by atoms with Crippen molar-refractivity contribution in [3.8, 4) is 0 Å². The minimum Gasteiger partial charge on any atom is -0.379 e. The molecular weight excluding hydrogens is 348 g/mol. The summed E-state index contributed by atoms with van der Waals surface area (Å²) in [7, 11) is 6.53. The molecule has 0 saturated heterocycles. The van der Waals surface area contributed by atoms with Gasteiger partial charge in [0.2, 0.25) is 17.7 Å². The van der Waals surface area contributed by atoms with E-state index in [1.807, 2.05) is 27.7 Å². The van der Waals surface area contributed by atoms with Crippen LogP contribution in [0, 0.1) is 11.8 Å². The Bertz CT molecular complexity index is 484. The predicted octanol–water partition coefficient (Wildman–Crippen LogP) is 0.371. The van der Waals surface area contributed by atoms with Crippen LogP contribution in [0.25, 0.3) is 0 Å². The number of rotatable bonds is 12. The zero-order chi connectivity index (χ0) is 21.1. The fourth-order valence-corrected chi connectivity index (χ4v) is 3.20. The van der Waals surface area contributed by atoms with Crippen molar-refractivity contribution in [3.63, 3.8) is 0 Å². The van der Waals surface area contributed by atoms with Crippen molar-refractivity contribution < 1.29 is 19.1 Å². The van der Waals surface area contributed by atoms with Crippen LogP contribution >= 0.6 is 0 Å². The average Bonchev–Trinajstić information content (AvgIpc) is 2.64. The van der Waals surface area contributed by atoms with Gasteiger partial charge in [-0.15, -0.1) is 0 Å². The summed E-state index contributed by atoms with van der Waals surface area (Å²) in [5.41, 5.74) is 0. The first-order valence-corrected chi connectivity index (χ1v) is 9.58. The summed E-state index contributed by atoms with van der Waals surface area (Å²) in [5.74, 6) is -0.321. The Labute approximate surface area is 163 Å². The predicted molar refractivity (Wildman–Crippen MR) is 106 cm³/mol. The van der Waals surface area contributed by atoms with Gasteiger partial charge in [0.15, 0.2) is 0 Å². The van der Waals surface area contributed by atoms with E-state index in [4.69, 9.17) is 4.74 Å². The van der Waals surface area contributed by atoms with Crippen molar-refractivity contribution in [2.24, 2.45) is 11.8 Å². The maximum atomic E-state index is 12.7. The Balaban J connectivity index is 5.15. The smallest absolute Gasteiger partial charge is 0.242 e. The third kappa shape index (κ3) is 7.84. The van der Waals surface area contributed by atoms with Gasteiger partial charge >= 0.3 is 0 Å². The van der Waals surface area contributed by atoms with Gasteiger partial charge in [-0.3, -0.25) is 14.4 Å². The second kappa shape index (κ2) is 12.7. The third-order valence-electron chi connectivity index (χ3n) is 5.09. The van der Waals surface area contributed by atoms with Crippen LogP contribution in [0.15, 0.2) is 0 Å². The maximum Gasteiger partial charge on any atom is 0.242 e. The van der Waals surface area contributed by atoms with Gasteiger partial charge in [-0.05, 0) is 18.9 Å². The van der Waals surface area contributed by atoms with Crippen LogP contribution < -0.4 is 16.0 Å². The number of amides is 3. The molecule has 0 rings (SSSR count). The normalized spacial score (nSPS) is 15.6. The number of nitrogens with one attached hydrogen (secondary N) is 3. The lowest BCUT2D eigenvalue weighted by Crippen LogP contribution is -2.54. The minimum absolute atomic E-state index is 0.0937. The summed E-state index contributed by atoms with van der Waals surface area (Å²) in [6.45, 7) is 7.85. The molecule has 0 aliphatic heterocycles. The van der Waals surface area contributed by atoms with Crippen LogP contribution in [0.1, 0.15) is 40.5 Å². The topological polar surface area (TPSA) is 99.8 Å². The molecule has 3 amide bonds. The first-order valence-electron chi connectivity index (χ1n) is 9.58. The highest BCUT2D eigenvalue weighted by Gasteiger charge is 2.34. The molecule has 158 valence electrons. The van der Waals surface area contributed by atoms with Crippen LogP contribution in [0.2, 0.25) is 0 Å². The highest BCUT2D eigenvalue weighted by Crippen LogP contribution is 2.21. The number of nitrogens with zero attached hydrogens (tertiary/aromatic N) is 1. The molecule has 0 radical (unpaired) electrons. The van der Waals surface area contributed by atoms with Crippen LogP contribution in [-0.2, 0) is 19.1 Å². The molecule has 0 spiro atoms. The summed E-state index contributed by atoms with van der Waals surface area (Å²) < 4.78 is 5.54. The average molecular weight is 387 g/mol. The van der Waals surface area contributed by atoms with Gasteiger partial charge in [-0.1, -0.05) is 34.1 Å². The van der Waals surface area contributed by atoms with Crippen molar-refractivity contribution in [2.75, 3.05) is 34.8 Å². The van der Waals surface area contributed by atoms with Crippen LogP contribution in [0.3, 0.4) is 0 Å². The minimum atomic E-state index is -0.426. The number of hydrogen-bond acceptors (Lipinski definition) is 5. The third-order valence-corrected chi connectivity index (χ3v) is 5.09. The van der Waals surface area contributed by atoms with E-state index in [1.54, 1.807) is 33.2 Å². The van der Waals surface area contributed by atoms with Gasteiger partial charge in [-0.2, -0.15) is 0 Å². The van der Waals surface area contributed by atoms with E-state index >= 15 is 0 Å². The van der Waals surface area contributed by atoms with Crippen molar-refractivity contribution in [3.05, 3.63) is 0 Å². The summed E-state index contributed by atoms with van der Waals surface area (Å²) in [6.07, 6.45) is 0.573. The van der Waals surface area contributed by atoms with E-state index in [0.29, 0.717) is 0 Å². The highest BCUT2D eigenvalue weighted by atomic mass is 16.5. The number of carbonyl (C=O) groups excluding carboxylic acids is 3. The molecule has 27 heavy (non-hydrogen) atoms. The van der Waals surface area contributed by atoms with Crippen molar-refractivity contribution in [1.82, 2.24) is 20.9 Å². The lowest BCUT2D eigenvalue weighted by molar-refractivity contribution is -0.139. The second-order valence-corrected chi connectivity index (χ2v) is 7.26. The van der Waals surface area contributed by atoms with Gasteiger partial charge < -0.3 is 25.6 Å². The molecular formula is C19H38N4O4. The first kappa shape index (κ1) is 25.3. The van der Waals surface area contributed by atoms with E-state index in [2.05, 4.69) is 16.0 Å². The van der Waals surface area contributed by atoms with Crippen molar-refractivity contribution >= 4 is 17.7 Å². The van der Waals surface area contributed by atoms with Crippen molar-refractivity contribution in [1.29, 1.82) is 0 Å².